The zero-order valence-corrected chi connectivity index (χ0v) is 8.69. The van der Waals surface area contributed by atoms with E-state index >= 15 is 0 Å². The van der Waals surface area contributed by atoms with Crippen molar-refractivity contribution in [2.75, 3.05) is 13.1 Å². The molecule has 1 aliphatic carbocycles. The summed E-state index contributed by atoms with van der Waals surface area (Å²) in [6, 6.07) is 0.554. The second-order valence-electron chi connectivity index (χ2n) is 4.19. The van der Waals surface area contributed by atoms with Crippen molar-refractivity contribution < 1.29 is 0 Å². The first-order chi connectivity index (χ1) is 6.27. The Morgan fingerprint density at radius 3 is 2.69 bits per heavy atom. The van der Waals surface area contributed by atoms with Crippen molar-refractivity contribution in [3.05, 3.63) is 0 Å². The number of nitrogens with one attached hydrogen (secondary N) is 1. The Labute approximate surface area is 84.8 Å². The van der Waals surface area contributed by atoms with Crippen LogP contribution in [0.3, 0.4) is 0 Å². The molecule has 2 aliphatic rings. The molecular weight excluding hydrogens is 184 g/mol. The van der Waals surface area contributed by atoms with Gasteiger partial charge in [-0.05, 0) is 19.3 Å². The molecule has 13 heavy (non-hydrogen) atoms. The van der Waals surface area contributed by atoms with Gasteiger partial charge >= 0.3 is 0 Å². The Hall–Kier alpha value is -0.0800. The first-order valence-corrected chi connectivity index (χ1v) is 5.65. The van der Waals surface area contributed by atoms with E-state index in [0.717, 1.165) is 31.6 Å². The van der Waals surface area contributed by atoms with Crippen LogP contribution in [0.5, 0.6) is 0 Å². The highest BCUT2D eigenvalue weighted by Gasteiger charge is 2.31. The van der Waals surface area contributed by atoms with E-state index in [1.165, 1.54) is 19.3 Å². The molecule has 3 heteroatoms. The predicted octanol–water partition coefficient (Wildman–Crippen LogP) is 2.26. The average molecular weight is 201 g/mol. The molecule has 0 aromatic carbocycles. The maximum absolute atomic E-state index is 7.58. The molecule has 1 saturated carbocycles. The summed E-state index contributed by atoms with van der Waals surface area (Å²) in [7, 11) is 0. The molecule has 0 amide bonds. The van der Waals surface area contributed by atoms with Crippen molar-refractivity contribution in [3.8, 4) is 0 Å². The van der Waals surface area contributed by atoms with Crippen molar-refractivity contribution in [1.82, 2.24) is 4.90 Å². The van der Waals surface area contributed by atoms with Crippen molar-refractivity contribution in [3.63, 3.8) is 0 Å². The molecule has 0 bridgehead atoms. The Balaban J connectivity index is 1.94. The van der Waals surface area contributed by atoms with Crippen LogP contribution in [0.25, 0.3) is 0 Å². The van der Waals surface area contributed by atoms with Crippen LogP contribution < -0.4 is 0 Å². The molecule has 74 valence electrons. The van der Waals surface area contributed by atoms with Gasteiger partial charge in [-0.15, -0.1) is 11.6 Å². The quantitative estimate of drug-likeness (QED) is 0.646. The minimum absolute atomic E-state index is 0.333. The minimum Gasteiger partial charge on any atom is -0.308 e. The van der Waals surface area contributed by atoms with Gasteiger partial charge in [-0.1, -0.05) is 12.8 Å². The van der Waals surface area contributed by atoms with Crippen LogP contribution in [0.4, 0.5) is 0 Å². The van der Waals surface area contributed by atoms with Gasteiger partial charge in [-0.3, -0.25) is 4.90 Å². The molecule has 1 aliphatic heterocycles. The van der Waals surface area contributed by atoms with Crippen LogP contribution in [-0.2, 0) is 0 Å². The van der Waals surface area contributed by atoms with Gasteiger partial charge in [0.1, 0.15) is 0 Å². The monoisotopic (exact) mass is 200 g/mol. The smallest absolute Gasteiger partial charge is 0.0491 e. The highest BCUT2D eigenvalue weighted by Crippen LogP contribution is 2.28. The van der Waals surface area contributed by atoms with Gasteiger partial charge in [-0.25, -0.2) is 0 Å². The van der Waals surface area contributed by atoms with Gasteiger partial charge in [0.25, 0.3) is 0 Å². The largest absolute Gasteiger partial charge is 0.308 e. The Morgan fingerprint density at radius 2 is 2.08 bits per heavy atom. The molecule has 2 atom stereocenters. The third-order valence-electron chi connectivity index (χ3n) is 3.21. The van der Waals surface area contributed by atoms with Crippen LogP contribution >= 0.6 is 11.6 Å². The summed E-state index contributed by atoms with van der Waals surface area (Å²) in [4.78, 5) is 2.40. The molecular formula is C10H17ClN2. The fraction of sp³-hybridized carbons (Fsp3) is 0.900. The standard InChI is InChI=1S/C10H17ClN2/c11-9-3-1-2-4-10(9)13-6-5-8(12)7-13/h9-10,12H,1-7H2. The SMILES string of the molecule is N=C1CCN(C2CCCCC2Cl)C1. The number of rotatable bonds is 1. The summed E-state index contributed by atoms with van der Waals surface area (Å²) >= 11 is 6.30. The van der Waals surface area contributed by atoms with Gasteiger partial charge in [0.2, 0.25) is 0 Å². The van der Waals surface area contributed by atoms with Crippen molar-refractivity contribution >= 4 is 17.3 Å². The van der Waals surface area contributed by atoms with E-state index in [1.54, 1.807) is 0 Å². The van der Waals surface area contributed by atoms with Gasteiger partial charge in [0.05, 0.1) is 0 Å². The Kier molecular flexibility index (Phi) is 2.89. The number of hydrogen-bond donors (Lipinski definition) is 1. The molecule has 0 radical (unpaired) electrons. The topological polar surface area (TPSA) is 27.1 Å². The van der Waals surface area contributed by atoms with E-state index < -0.39 is 0 Å². The van der Waals surface area contributed by atoms with Gasteiger partial charge in [-0.2, -0.15) is 0 Å². The maximum Gasteiger partial charge on any atom is 0.0491 e. The van der Waals surface area contributed by atoms with E-state index in [2.05, 4.69) is 4.90 Å². The average Bonchev–Trinajstić information content (AvgIpc) is 2.53. The highest BCUT2D eigenvalue weighted by molar-refractivity contribution is 6.21. The van der Waals surface area contributed by atoms with E-state index in [1.807, 2.05) is 0 Å². The summed E-state index contributed by atoms with van der Waals surface area (Å²) in [6.45, 7) is 1.93. The molecule has 0 aromatic rings. The molecule has 1 heterocycles. The van der Waals surface area contributed by atoms with E-state index in [9.17, 15) is 0 Å². The number of halogens is 1. The van der Waals surface area contributed by atoms with Crippen molar-refractivity contribution in [2.24, 2.45) is 0 Å². The lowest BCUT2D eigenvalue weighted by Crippen LogP contribution is -2.41. The normalized spacial score (nSPS) is 36.8. The fourth-order valence-corrected chi connectivity index (χ4v) is 2.88. The summed E-state index contributed by atoms with van der Waals surface area (Å²) in [6.07, 6.45) is 5.96. The molecule has 0 aromatic heterocycles. The van der Waals surface area contributed by atoms with Gasteiger partial charge in [0.15, 0.2) is 0 Å². The summed E-state index contributed by atoms with van der Waals surface area (Å²) in [5.41, 5.74) is 0.884. The van der Waals surface area contributed by atoms with Gasteiger partial charge in [0, 0.05) is 30.2 Å². The van der Waals surface area contributed by atoms with E-state index in [0.29, 0.717) is 11.4 Å². The molecule has 1 N–H and O–H groups in total. The van der Waals surface area contributed by atoms with Crippen molar-refractivity contribution in [2.45, 2.75) is 43.5 Å². The van der Waals surface area contributed by atoms with E-state index in [-0.39, 0.29) is 0 Å². The number of nitrogens with zero attached hydrogens (tertiary/aromatic N) is 1. The summed E-state index contributed by atoms with van der Waals surface area (Å²) in [5, 5.41) is 7.91. The maximum atomic E-state index is 7.58. The first kappa shape index (κ1) is 9.47. The molecule has 2 nitrogen and oxygen atoms in total. The molecule has 2 fully saturated rings. The lowest BCUT2D eigenvalue weighted by Gasteiger charge is -2.34. The van der Waals surface area contributed by atoms with Crippen molar-refractivity contribution in [1.29, 1.82) is 5.41 Å². The Bertz CT molecular complexity index is 205. The predicted molar refractivity (Wildman–Crippen MR) is 55.8 cm³/mol. The molecule has 2 rings (SSSR count). The number of likely N-dealkylation sites (tertiary alicyclic amines) is 1. The molecule has 2 unspecified atom stereocenters. The lowest BCUT2D eigenvalue weighted by molar-refractivity contribution is 0.201. The van der Waals surface area contributed by atoms with Gasteiger partial charge < -0.3 is 5.41 Å². The van der Waals surface area contributed by atoms with Crippen LogP contribution in [0.1, 0.15) is 32.1 Å². The zero-order valence-electron chi connectivity index (χ0n) is 7.93. The van der Waals surface area contributed by atoms with Crippen LogP contribution in [-0.4, -0.2) is 35.1 Å². The minimum atomic E-state index is 0.333. The third-order valence-corrected chi connectivity index (χ3v) is 3.72. The Morgan fingerprint density at radius 1 is 1.31 bits per heavy atom. The third kappa shape index (κ3) is 2.05. The lowest BCUT2D eigenvalue weighted by atomic mass is 9.94. The van der Waals surface area contributed by atoms with Crippen LogP contribution in [0.2, 0.25) is 0 Å². The second kappa shape index (κ2) is 3.97. The zero-order chi connectivity index (χ0) is 9.26. The van der Waals surface area contributed by atoms with Crippen LogP contribution in [0.15, 0.2) is 0 Å². The first-order valence-electron chi connectivity index (χ1n) is 5.22. The van der Waals surface area contributed by atoms with Crippen LogP contribution in [0, 0.1) is 5.41 Å². The number of hydrogen-bond acceptors (Lipinski definition) is 2. The second-order valence-corrected chi connectivity index (χ2v) is 4.75. The summed E-state index contributed by atoms with van der Waals surface area (Å²) in [5.74, 6) is 0. The number of alkyl halides is 1. The molecule has 0 spiro atoms. The molecule has 1 saturated heterocycles. The summed E-state index contributed by atoms with van der Waals surface area (Å²) < 4.78 is 0. The highest BCUT2D eigenvalue weighted by atomic mass is 35.5. The fourth-order valence-electron chi connectivity index (χ4n) is 2.44. The van der Waals surface area contributed by atoms with E-state index in [4.69, 9.17) is 17.0 Å².